The van der Waals surface area contributed by atoms with Gasteiger partial charge in [0.05, 0.1) is 5.92 Å². The van der Waals surface area contributed by atoms with E-state index in [2.05, 4.69) is 45.2 Å². The normalized spacial score (nSPS) is 20.3. The largest absolute Gasteiger partial charge is 0.385 e. The van der Waals surface area contributed by atoms with E-state index in [-0.39, 0.29) is 23.3 Å². The molecule has 1 aliphatic heterocycles. The van der Waals surface area contributed by atoms with Gasteiger partial charge in [-0.05, 0) is 61.4 Å². The average molecular weight is 477 g/mol. The smallest absolute Gasteiger partial charge is 0.250 e. The molecule has 1 unspecified atom stereocenters. The maximum absolute atomic E-state index is 14.1. The molecule has 1 saturated heterocycles. The first-order chi connectivity index (χ1) is 17.1. The Balaban J connectivity index is 1.42. The van der Waals surface area contributed by atoms with Gasteiger partial charge in [-0.1, -0.05) is 18.2 Å². The lowest BCUT2D eigenvalue weighted by Crippen LogP contribution is -2.47. The van der Waals surface area contributed by atoms with Crippen LogP contribution in [0.4, 0.5) is 0 Å². The summed E-state index contributed by atoms with van der Waals surface area (Å²) in [6, 6.07) is 12.5. The Kier molecular flexibility index (Phi) is 7.07. The Morgan fingerprint density at radius 2 is 2.03 bits per heavy atom. The number of rotatable bonds is 9. The summed E-state index contributed by atoms with van der Waals surface area (Å²) in [5.74, 6) is 0.113. The number of methoxy groups -OCH3 is 1. The van der Waals surface area contributed by atoms with Crippen LogP contribution in [0.25, 0.3) is 10.9 Å². The molecule has 0 spiro atoms. The number of hydrogen-bond acceptors (Lipinski definition) is 4. The first kappa shape index (κ1) is 23.8. The van der Waals surface area contributed by atoms with Crippen LogP contribution in [-0.4, -0.2) is 52.8 Å². The molecule has 1 N–H and O–H groups in total. The van der Waals surface area contributed by atoms with Gasteiger partial charge in [-0.25, -0.2) is 0 Å². The predicted octanol–water partition coefficient (Wildman–Crippen LogP) is 3.26. The van der Waals surface area contributed by atoms with Crippen LogP contribution in [0.2, 0.25) is 0 Å². The molecular weight excluding hydrogens is 440 g/mol. The van der Waals surface area contributed by atoms with Gasteiger partial charge >= 0.3 is 0 Å². The molecule has 2 aromatic heterocycles. The Labute approximate surface area is 206 Å². The van der Waals surface area contributed by atoms with Gasteiger partial charge in [-0.2, -0.15) is 0 Å². The first-order valence-electron chi connectivity index (χ1n) is 12.8. The number of piperidine rings is 1. The van der Waals surface area contributed by atoms with Gasteiger partial charge in [0.1, 0.15) is 0 Å². The fourth-order valence-electron chi connectivity index (χ4n) is 5.49. The number of amides is 1. The molecule has 3 heterocycles. The van der Waals surface area contributed by atoms with Crippen molar-refractivity contribution >= 4 is 16.8 Å². The highest BCUT2D eigenvalue weighted by Crippen LogP contribution is 2.36. The van der Waals surface area contributed by atoms with E-state index >= 15 is 0 Å². The molecule has 2 aliphatic rings. The Morgan fingerprint density at radius 1 is 1.20 bits per heavy atom. The average Bonchev–Trinajstić information content (AvgIpc) is 3.67. The number of para-hydroxylation sites is 1. The molecule has 3 aromatic rings. The predicted molar refractivity (Wildman–Crippen MR) is 137 cm³/mol. The van der Waals surface area contributed by atoms with Crippen molar-refractivity contribution in [3.8, 4) is 0 Å². The van der Waals surface area contributed by atoms with Gasteiger partial charge in [0.15, 0.2) is 0 Å². The van der Waals surface area contributed by atoms with E-state index in [1.54, 1.807) is 24.8 Å². The molecule has 1 aliphatic carbocycles. The number of nitrogens with one attached hydrogen (secondary N) is 1. The summed E-state index contributed by atoms with van der Waals surface area (Å²) in [5.41, 5.74) is 3.37. The zero-order valence-corrected chi connectivity index (χ0v) is 20.8. The number of hydrogen-bond donors (Lipinski definition) is 1. The van der Waals surface area contributed by atoms with Gasteiger partial charge in [0.2, 0.25) is 5.91 Å². The van der Waals surface area contributed by atoms with E-state index in [1.807, 2.05) is 12.3 Å². The van der Waals surface area contributed by atoms with Crippen molar-refractivity contribution in [3.05, 3.63) is 70.3 Å². The van der Waals surface area contributed by atoms with E-state index < -0.39 is 0 Å². The second kappa shape index (κ2) is 10.4. The van der Waals surface area contributed by atoms with Gasteiger partial charge in [0.25, 0.3) is 5.56 Å². The summed E-state index contributed by atoms with van der Waals surface area (Å²) < 4.78 is 9.13. The minimum absolute atomic E-state index is 0.0208. The topological polar surface area (TPSA) is 68.5 Å². The molecule has 0 radical (unpaired) electrons. The maximum atomic E-state index is 14.1. The van der Waals surface area contributed by atoms with Gasteiger partial charge in [-0.3, -0.25) is 9.59 Å². The van der Waals surface area contributed by atoms with Crippen LogP contribution in [0.15, 0.2) is 53.6 Å². The molecule has 2 fully saturated rings. The summed E-state index contributed by atoms with van der Waals surface area (Å²) >= 11 is 0. The van der Waals surface area contributed by atoms with Crippen LogP contribution in [-0.2, 0) is 29.7 Å². The van der Waals surface area contributed by atoms with E-state index in [0.29, 0.717) is 19.1 Å². The van der Waals surface area contributed by atoms with Crippen LogP contribution in [0, 0.1) is 5.92 Å². The SMILES string of the molecule is COCCCn1cc(CN(C(=O)[C@H]2CNCCC2c2ccn(C)c(=O)c2)C2CC2)c2ccccc21. The number of fused-ring (bicyclic) bond motifs is 1. The van der Waals surface area contributed by atoms with Crippen molar-refractivity contribution in [2.45, 2.75) is 50.7 Å². The third kappa shape index (κ3) is 5.07. The van der Waals surface area contributed by atoms with Gasteiger partial charge in [0, 0.05) is 75.8 Å². The third-order valence-electron chi connectivity index (χ3n) is 7.59. The number of nitrogens with zero attached hydrogens (tertiary/aromatic N) is 3. The fourth-order valence-corrected chi connectivity index (χ4v) is 5.49. The minimum Gasteiger partial charge on any atom is -0.385 e. The van der Waals surface area contributed by atoms with Gasteiger partial charge < -0.3 is 24.1 Å². The van der Waals surface area contributed by atoms with Crippen LogP contribution < -0.4 is 10.9 Å². The number of aromatic nitrogens is 2. The lowest BCUT2D eigenvalue weighted by atomic mass is 9.80. The highest BCUT2D eigenvalue weighted by Gasteiger charge is 2.40. The standard InChI is InChI=1S/C28H36N4O3/c1-30-14-11-20(16-27(30)33)23-10-12-29-17-25(23)28(34)32(22-8-9-22)19-21-18-31(13-5-15-35-2)26-7-4-3-6-24(21)26/h3-4,6-7,11,14,16,18,22-23,25,29H,5,8-10,12-13,15,17,19H2,1-2H3/t23?,25-/m0/s1. The summed E-state index contributed by atoms with van der Waals surface area (Å²) in [5, 5.41) is 4.65. The van der Waals surface area contributed by atoms with Crippen LogP contribution in [0.5, 0.6) is 0 Å². The van der Waals surface area contributed by atoms with Crippen LogP contribution in [0.1, 0.15) is 42.7 Å². The minimum atomic E-state index is -0.161. The quantitative estimate of drug-likeness (QED) is 0.482. The highest BCUT2D eigenvalue weighted by atomic mass is 16.5. The van der Waals surface area contributed by atoms with Crippen molar-refractivity contribution in [1.29, 1.82) is 0 Å². The van der Waals surface area contributed by atoms with Crippen molar-refractivity contribution in [3.63, 3.8) is 0 Å². The van der Waals surface area contributed by atoms with Crippen molar-refractivity contribution in [2.24, 2.45) is 13.0 Å². The van der Waals surface area contributed by atoms with Crippen molar-refractivity contribution < 1.29 is 9.53 Å². The highest BCUT2D eigenvalue weighted by molar-refractivity contribution is 5.85. The van der Waals surface area contributed by atoms with Crippen molar-refractivity contribution in [1.82, 2.24) is 19.4 Å². The molecule has 2 atom stereocenters. The Morgan fingerprint density at radius 3 is 2.80 bits per heavy atom. The number of carbonyl (C=O) groups is 1. The fraction of sp³-hybridized carbons (Fsp3) is 0.500. The molecule has 186 valence electrons. The lowest BCUT2D eigenvalue weighted by molar-refractivity contribution is -0.138. The summed E-state index contributed by atoms with van der Waals surface area (Å²) in [4.78, 5) is 28.5. The summed E-state index contributed by atoms with van der Waals surface area (Å²) in [6.07, 6.45) is 7.98. The molecular formula is C28H36N4O3. The van der Waals surface area contributed by atoms with E-state index in [9.17, 15) is 9.59 Å². The molecule has 5 rings (SSSR count). The Hall–Kier alpha value is -2.90. The number of aryl methyl sites for hydroxylation is 2. The molecule has 1 saturated carbocycles. The monoisotopic (exact) mass is 476 g/mol. The van der Waals surface area contributed by atoms with Crippen LogP contribution in [0.3, 0.4) is 0 Å². The van der Waals surface area contributed by atoms with Gasteiger partial charge in [-0.15, -0.1) is 0 Å². The van der Waals surface area contributed by atoms with E-state index in [1.165, 1.54) is 16.5 Å². The van der Waals surface area contributed by atoms with Crippen molar-refractivity contribution in [2.75, 3.05) is 26.8 Å². The Bertz CT molecular complexity index is 1240. The number of ether oxygens (including phenoxy) is 1. The zero-order valence-electron chi connectivity index (χ0n) is 20.8. The number of benzene rings is 1. The molecule has 35 heavy (non-hydrogen) atoms. The second-order valence-corrected chi connectivity index (χ2v) is 10.0. The number of carbonyl (C=O) groups excluding carboxylic acids is 1. The molecule has 7 nitrogen and oxygen atoms in total. The molecule has 0 bridgehead atoms. The summed E-state index contributed by atoms with van der Waals surface area (Å²) in [6.45, 7) is 3.76. The summed E-state index contributed by atoms with van der Waals surface area (Å²) in [7, 11) is 3.50. The van der Waals surface area contributed by atoms with E-state index in [0.717, 1.165) is 50.9 Å². The lowest BCUT2D eigenvalue weighted by Gasteiger charge is -2.35. The second-order valence-electron chi connectivity index (χ2n) is 10.0. The number of pyridine rings is 1. The van der Waals surface area contributed by atoms with E-state index in [4.69, 9.17) is 4.74 Å². The molecule has 1 amide bonds. The maximum Gasteiger partial charge on any atom is 0.250 e. The van der Waals surface area contributed by atoms with Crippen LogP contribution >= 0.6 is 0 Å². The first-order valence-corrected chi connectivity index (χ1v) is 12.8. The zero-order chi connectivity index (χ0) is 24.4. The molecule has 7 heteroatoms. The molecule has 1 aromatic carbocycles. The third-order valence-corrected chi connectivity index (χ3v) is 7.59.